The highest BCUT2D eigenvalue weighted by Gasteiger charge is 2.45. The van der Waals surface area contributed by atoms with Crippen LogP contribution in [-0.2, 0) is 20.1 Å². The lowest BCUT2D eigenvalue weighted by molar-refractivity contribution is -0.192. The molecule has 0 aliphatic carbocycles. The highest BCUT2D eigenvalue weighted by molar-refractivity contribution is 6.17. The first kappa shape index (κ1) is 27.3. The van der Waals surface area contributed by atoms with Crippen molar-refractivity contribution in [3.63, 3.8) is 0 Å². The SMILES string of the molecule is Cn1cc2cc(C3=NCc4ccc(C(=O)C[C@@H]5C[C@H](C(F)(F)F)CN(Cc6c(F)cccc6F)C5)cc43)ccc2n1. The highest BCUT2D eigenvalue weighted by Crippen LogP contribution is 2.38. The number of rotatable bonds is 6. The molecule has 1 aromatic heterocycles. The summed E-state index contributed by atoms with van der Waals surface area (Å²) in [6, 6.07) is 14.5. The number of likely N-dealkylation sites (tertiary alicyclic amines) is 1. The van der Waals surface area contributed by atoms with E-state index in [0.29, 0.717) is 12.1 Å². The third-order valence-electron chi connectivity index (χ3n) is 7.98. The summed E-state index contributed by atoms with van der Waals surface area (Å²) in [4.78, 5) is 19.5. The van der Waals surface area contributed by atoms with Crippen LogP contribution in [0, 0.1) is 23.5 Å². The second-order valence-corrected chi connectivity index (χ2v) is 11.0. The lowest BCUT2D eigenvalue weighted by Gasteiger charge is -2.38. The van der Waals surface area contributed by atoms with Gasteiger partial charge >= 0.3 is 6.18 Å². The van der Waals surface area contributed by atoms with Crippen LogP contribution < -0.4 is 0 Å². The van der Waals surface area contributed by atoms with Gasteiger partial charge in [-0.15, -0.1) is 0 Å². The summed E-state index contributed by atoms with van der Waals surface area (Å²) in [5.74, 6) is -4.18. The van der Waals surface area contributed by atoms with Gasteiger partial charge in [0.2, 0.25) is 0 Å². The summed E-state index contributed by atoms with van der Waals surface area (Å²) in [6.45, 7) is -0.0613. The molecule has 0 N–H and O–H groups in total. The van der Waals surface area contributed by atoms with Gasteiger partial charge in [-0.1, -0.05) is 24.3 Å². The minimum absolute atomic E-state index is 0.101. The maximum absolute atomic E-state index is 14.2. The Balaban J connectivity index is 1.22. The molecule has 1 fully saturated rings. The number of carbonyl (C=O) groups excluding carboxylic acids is 1. The first-order valence-corrected chi connectivity index (χ1v) is 13.4. The third kappa shape index (κ3) is 5.53. The van der Waals surface area contributed by atoms with Crippen LogP contribution in [0.3, 0.4) is 0 Å². The number of aliphatic imine (C=N–C) groups is 1. The van der Waals surface area contributed by atoms with Gasteiger partial charge in [0.05, 0.1) is 23.7 Å². The van der Waals surface area contributed by atoms with Crippen LogP contribution in [0.5, 0.6) is 0 Å². The van der Waals surface area contributed by atoms with Gasteiger partial charge in [0.25, 0.3) is 0 Å². The molecule has 0 radical (unpaired) electrons. The molecule has 6 rings (SSSR count). The monoisotopic (exact) mass is 566 g/mol. The van der Waals surface area contributed by atoms with Gasteiger partial charge in [0, 0.05) is 66.9 Å². The first-order chi connectivity index (χ1) is 19.5. The maximum Gasteiger partial charge on any atom is 0.393 e. The van der Waals surface area contributed by atoms with Crippen molar-refractivity contribution in [2.24, 2.45) is 23.9 Å². The Kier molecular flexibility index (Phi) is 6.97. The predicted molar refractivity (Wildman–Crippen MR) is 145 cm³/mol. The van der Waals surface area contributed by atoms with Gasteiger partial charge < -0.3 is 0 Å². The molecule has 2 atom stereocenters. The number of carbonyl (C=O) groups is 1. The van der Waals surface area contributed by atoms with E-state index in [4.69, 9.17) is 0 Å². The molecule has 1 saturated heterocycles. The molecular formula is C31H27F5N4O. The van der Waals surface area contributed by atoms with E-state index in [1.807, 2.05) is 37.5 Å². The summed E-state index contributed by atoms with van der Waals surface area (Å²) >= 11 is 0. The van der Waals surface area contributed by atoms with Crippen molar-refractivity contribution in [3.8, 4) is 0 Å². The number of ketones is 1. The standard InChI is InChI=1S/C31H27F5N4O/c1-39-15-22-11-20(7-8-28(22)38-39)30-24-12-19(5-6-21(24)13-37-30)29(41)10-18-9-23(31(34,35)36)16-40(14-18)17-25-26(32)3-2-4-27(25)33/h2-8,11-12,15,18,23H,9-10,13-14,16-17H2,1H3/t18-,23-/m0/s1. The van der Waals surface area contributed by atoms with Crippen molar-refractivity contribution in [1.82, 2.24) is 14.7 Å². The lowest BCUT2D eigenvalue weighted by Crippen LogP contribution is -2.46. The normalized spacial score (nSPS) is 19.4. The second kappa shape index (κ2) is 10.5. The number of aryl methyl sites for hydroxylation is 1. The zero-order chi connectivity index (χ0) is 28.9. The molecule has 212 valence electrons. The fourth-order valence-corrected chi connectivity index (χ4v) is 6.00. The van der Waals surface area contributed by atoms with E-state index in [-0.39, 0.29) is 43.8 Å². The fourth-order valence-electron chi connectivity index (χ4n) is 6.00. The molecule has 2 aliphatic rings. The Morgan fingerprint density at radius 1 is 1.02 bits per heavy atom. The van der Waals surface area contributed by atoms with Gasteiger partial charge in [0.1, 0.15) is 11.6 Å². The average molecular weight is 567 g/mol. The van der Waals surface area contributed by atoms with E-state index >= 15 is 0 Å². The largest absolute Gasteiger partial charge is 0.393 e. The van der Waals surface area contributed by atoms with Gasteiger partial charge in [-0.2, -0.15) is 18.3 Å². The molecule has 2 aliphatic heterocycles. The minimum atomic E-state index is -4.48. The number of fused-ring (bicyclic) bond motifs is 2. The molecule has 4 aromatic rings. The van der Waals surface area contributed by atoms with Crippen LogP contribution in [0.2, 0.25) is 0 Å². The van der Waals surface area contributed by atoms with Gasteiger partial charge in [-0.3, -0.25) is 19.4 Å². The van der Waals surface area contributed by atoms with Crippen molar-refractivity contribution in [1.29, 1.82) is 0 Å². The average Bonchev–Trinajstić information content (AvgIpc) is 3.51. The lowest BCUT2D eigenvalue weighted by atomic mass is 9.84. The summed E-state index contributed by atoms with van der Waals surface area (Å²) in [5, 5.41) is 5.36. The zero-order valence-electron chi connectivity index (χ0n) is 22.3. The van der Waals surface area contributed by atoms with Crippen molar-refractivity contribution in [2.75, 3.05) is 13.1 Å². The maximum atomic E-state index is 14.2. The zero-order valence-corrected chi connectivity index (χ0v) is 22.3. The van der Waals surface area contributed by atoms with Crippen molar-refractivity contribution in [3.05, 3.63) is 100 Å². The van der Waals surface area contributed by atoms with Crippen LogP contribution in [0.25, 0.3) is 10.9 Å². The molecule has 3 aromatic carbocycles. The third-order valence-corrected chi connectivity index (χ3v) is 7.98. The number of nitrogens with zero attached hydrogens (tertiary/aromatic N) is 4. The fraction of sp³-hybridized carbons (Fsp3) is 0.323. The number of Topliss-reactive ketones (excluding diaryl/α,β-unsaturated/α-hetero) is 1. The predicted octanol–water partition coefficient (Wildman–Crippen LogP) is 6.48. The second-order valence-electron chi connectivity index (χ2n) is 11.0. The Hall–Kier alpha value is -3.92. The van der Waals surface area contributed by atoms with Gasteiger partial charge in [-0.05, 0) is 48.2 Å². The molecule has 0 saturated carbocycles. The summed E-state index contributed by atoms with van der Waals surface area (Å²) in [6.07, 6.45) is -2.89. The molecule has 10 heteroatoms. The van der Waals surface area contributed by atoms with Crippen LogP contribution >= 0.6 is 0 Å². The number of halogens is 5. The topological polar surface area (TPSA) is 50.5 Å². The van der Waals surface area contributed by atoms with E-state index in [1.54, 1.807) is 16.8 Å². The van der Waals surface area contributed by atoms with E-state index < -0.39 is 29.6 Å². The van der Waals surface area contributed by atoms with Crippen molar-refractivity contribution in [2.45, 2.75) is 32.1 Å². The van der Waals surface area contributed by atoms with Crippen molar-refractivity contribution >= 4 is 22.4 Å². The Bertz CT molecular complexity index is 1650. The van der Waals surface area contributed by atoms with Crippen molar-refractivity contribution < 1.29 is 26.7 Å². The minimum Gasteiger partial charge on any atom is -0.298 e. The Morgan fingerprint density at radius 3 is 2.56 bits per heavy atom. The van der Waals surface area contributed by atoms with Crippen LogP contribution in [0.15, 0.2) is 65.8 Å². The number of piperidine rings is 1. The molecule has 0 spiro atoms. The molecule has 41 heavy (non-hydrogen) atoms. The molecular weight excluding hydrogens is 539 g/mol. The molecule has 0 bridgehead atoms. The quantitative estimate of drug-likeness (QED) is 0.198. The first-order valence-electron chi connectivity index (χ1n) is 13.4. The number of hydrogen-bond donors (Lipinski definition) is 0. The molecule has 5 nitrogen and oxygen atoms in total. The van der Waals surface area contributed by atoms with E-state index in [1.165, 1.54) is 11.0 Å². The smallest absolute Gasteiger partial charge is 0.298 e. The van der Waals surface area contributed by atoms with E-state index in [2.05, 4.69) is 10.1 Å². The number of hydrogen-bond acceptors (Lipinski definition) is 4. The Morgan fingerprint density at radius 2 is 1.80 bits per heavy atom. The molecule has 0 amide bonds. The summed E-state index contributed by atoms with van der Waals surface area (Å²) in [7, 11) is 1.85. The van der Waals surface area contributed by atoms with Gasteiger partial charge in [-0.25, -0.2) is 8.78 Å². The van der Waals surface area contributed by atoms with Gasteiger partial charge in [0.15, 0.2) is 5.78 Å². The number of aromatic nitrogens is 2. The molecule has 3 heterocycles. The summed E-state index contributed by atoms with van der Waals surface area (Å²) in [5.41, 5.74) is 4.44. The number of benzene rings is 3. The Labute approximate surface area is 233 Å². The van der Waals surface area contributed by atoms with E-state index in [9.17, 15) is 26.7 Å². The highest BCUT2D eigenvalue weighted by atomic mass is 19.4. The molecule has 0 unspecified atom stereocenters. The van der Waals surface area contributed by atoms with Crippen LogP contribution in [0.1, 0.15) is 45.5 Å². The van der Waals surface area contributed by atoms with Crippen LogP contribution in [-0.4, -0.2) is 45.4 Å². The van der Waals surface area contributed by atoms with E-state index in [0.717, 1.165) is 45.4 Å². The summed E-state index contributed by atoms with van der Waals surface area (Å²) < 4.78 is 71.7. The number of alkyl halides is 3. The van der Waals surface area contributed by atoms with Crippen LogP contribution in [0.4, 0.5) is 22.0 Å².